The first-order chi connectivity index (χ1) is 15.8. The maximum absolute atomic E-state index is 6.35. The second kappa shape index (κ2) is 9.25. The fourth-order valence-corrected chi connectivity index (χ4v) is 4.21. The molecule has 1 N–H and O–H groups in total. The van der Waals surface area contributed by atoms with Gasteiger partial charge < -0.3 is 14.8 Å². The van der Waals surface area contributed by atoms with Crippen molar-refractivity contribution in [1.82, 2.24) is 5.32 Å². The lowest BCUT2D eigenvalue weighted by atomic mass is 9.92. The highest BCUT2D eigenvalue weighted by atomic mass is 16.5. The van der Waals surface area contributed by atoms with Crippen LogP contribution in [-0.2, 0) is 4.74 Å². The van der Waals surface area contributed by atoms with Crippen LogP contribution in [0.25, 0.3) is 33.0 Å². The predicted molar refractivity (Wildman–Crippen MR) is 132 cm³/mol. The molecular formula is C28H26N2O2. The highest BCUT2D eigenvalue weighted by molar-refractivity contribution is 6.11. The summed E-state index contributed by atoms with van der Waals surface area (Å²) in [6.07, 6.45) is 0. The number of hydrogen-bond donors (Lipinski definition) is 1. The molecule has 4 aromatic carbocycles. The van der Waals surface area contributed by atoms with Gasteiger partial charge in [0.05, 0.1) is 18.7 Å². The molecule has 32 heavy (non-hydrogen) atoms. The Labute approximate surface area is 188 Å². The minimum absolute atomic E-state index is 0.476. The van der Waals surface area contributed by atoms with E-state index in [0.29, 0.717) is 13.2 Å². The molecule has 4 heteroatoms. The molecule has 0 fully saturated rings. The summed E-state index contributed by atoms with van der Waals surface area (Å²) in [5, 5.41) is 5.75. The molecule has 0 aliphatic carbocycles. The number of amidine groups is 1. The van der Waals surface area contributed by atoms with Crippen molar-refractivity contribution in [2.75, 3.05) is 33.4 Å². The Balaban J connectivity index is 1.68. The number of nitrogens with zero attached hydrogens (tertiary/aromatic N) is 1. The average molecular weight is 423 g/mol. The first-order valence-electron chi connectivity index (χ1n) is 11.0. The van der Waals surface area contributed by atoms with E-state index >= 15 is 0 Å². The van der Waals surface area contributed by atoms with E-state index in [1.807, 2.05) is 6.07 Å². The molecule has 4 aromatic rings. The van der Waals surface area contributed by atoms with E-state index in [1.54, 1.807) is 7.11 Å². The number of methoxy groups -OCH3 is 1. The minimum Gasteiger partial charge on any atom is -0.490 e. The van der Waals surface area contributed by atoms with Crippen LogP contribution < -0.4 is 10.1 Å². The van der Waals surface area contributed by atoms with E-state index in [9.17, 15) is 0 Å². The number of fused-ring (bicyclic) bond motifs is 1. The van der Waals surface area contributed by atoms with Gasteiger partial charge in [0.25, 0.3) is 0 Å². The third-order valence-corrected chi connectivity index (χ3v) is 5.75. The van der Waals surface area contributed by atoms with Crippen molar-refractivity contribution in [3.05, 3.63) is 90.5 Å². The fraction of sp³-hybridized carbons (Fsp3) is 0.179. The number of benzene rings is 4. The van der Waals surface area contributed by atoms with Crippen molar-refractivity contribution in [1.29, 1.82) is 0 Å². The molecule has 1 aliphatic rings. The van der Waals surface area contributed by atoms with Gasteiger partial charge in [-0.3, -0.25) is 4.99 Å². The summed E-state index contributed by atoms with van der Waals surface area (Å²) >= 11 is 0. The minimum atomic E-state index is 0.476. The molecule has 0 atom stereocenters. The monoisotopic (exact) mass is 422 g/mol. The van der Waals surface area contributed by atoms with Crippen molar-refractivity contribution in [3.63, 3.8) is 0 Å². The smallest absolute Gasteiger partial charge is 0.138 e. The molecule has 1 aliphatic heterocycles. The number of nitrogens with one attached hydrogen (secondary N) is 1. The van der Waals surface area contributed by atoms with Gasteiger partial charge in [-0.2, -0.15) is 0 Å². The molecule has 5 rings (SSSR count). The van der Waals surface area contributed by atoms with Crippen molar-refractivity contribution in [2.24, 2.45) is 4.99 Å². The summed E-state index contributed by atoms with van der Waals surface area (Å²) in [6, 6.07) is 29.8. The first-order valence-corrected chi connectivity index (χ1v) is 11.0. The van der Waals surface area contributed by atoms with Crippen molar-refractivity contribution >= 4 is 16.6 Å². The van der Waals surface area contributed by atoms with Crippen LogP contribution >= 0.6 is 0 Å². The summed E-state index contributed by atoms with van der Waals surface area (Å²) in [6.45, 7) is 2.63. The van der Waals surface area contributed by atoms with Crippen molar-refractivity contribution < 1.29 is 9.47 Å². The fourth-order valence-electron chi connectivity index (χ4n) is 4.21. The van der Waals surface area contributed by atoms with Gasteiger partial charge in [0.15, 0.2) is 0 Å². The van der Waals surface area contributed by atoms with Gasteiger partial charge in [0.1, 0.15) is 18.2 Å². The molecule has 0 radical (unpaired) electrons. The van der Waals surface area contributed by atoms with Gasteiger partial charge in [-0.15, -0.1) is 0 Å². The van der Waals surface area contributed by atoms with Crippen LogP contribution in [0.5, 0.6) is 5.75 Å². The number of aliphatic imine (C=N–C) groups is 1. The topological polar surface area (TPSA) is 42.9 Å². The molecule has 0 spiro atoms. The third-order valence-electron chi connectivity index (χ3n) is 5.75. The van der Waals surface area contributed by atoms with E-state index in [1.165, 1.54) is 16.5 Å². The van der Waals surface area contributed by atoms with E-state index < -0.39 is 0 Å². The maximum Gasteiger partial charge on any atom is 0.138 e. The summed E-state index contributed by atoms with van der Waals surface area (Å²) in [5.74, 6) is 1.74. The number of hydrogen-bond acceptors (Lipinski definition) is 4. The van der Waals surface area contributed by atoms with Gasteiger partial charge in [-0.05, 0) is 33.5 Å². The largest absolute Gasteiger partial charge is 0.490 e. The second-order valence-corrected chi connectivity index (χ2v) is 7.79. The summed E-state index contributed by atoms with van der Waals surface area (Å²) in [5.41, 5.74) is 5.61. The van der Waals surface area contributed by atoms with E-state index in [0.717, 1.165) is 46.8 Å². The summed E-state index contributed by atoms with van der Waals surface area (Å²) in [4.78, 5) is 4.68. The first kappa shape index (κ1) is 20.3. The molecule has 0 amide bonds. The van der Waals surface area contributed by atoms with Crippen molar-refractivity contribution in [2.45, 2.75) is 0 Å². The zero-order valence-corrected chi connectivity index (χ0v) is 18.2. The highest BCUT2D eigenvalue weighted by Gasteiger charge is 2.21. The zero-order valence-electron chi connectivity index (χ0n) is 18.2. The number of ether oxygens (including phenoxy) is 2. The summed E-state index contributed by atoms with van der Waals surface area (Å²) < 4.78 is 11.6. The molecule has 0 aromatic heterocycles. The lowest BCUT2D eigenvalue weighted by molar-refractivity contribution is 0.146. The normalized spacial score (nSPS) is 13.1. The van der Waals surface area contributed by atoms with Crippen LogP contribution in [0.1, 0.15) is 5.56 Å². The van der Waals surface area contributed by atoms with Gasteiger partial charge in [0.2, 0.25) is 0 Å². The van der Waals surface area contributed by atoms with E-state index in [-0.39, 0.29) is 0 Å². The standard InChI is InChI=1S/C28H26N2O2/c1-31-17-18-32-27-25(28-29-15-16-30-28)19-23-9-5-6-10-24(23)26(27)22-13-11-21(12-14-22)20-7-3-2-4-8-20/h2-14,19H,15-18H2,1H3,(H,29,30). The molecule has 0 bridgehead atoms. The Bertz CT molecular complexity index is 1250. The Morgan fingerprint density at radius 3 is 2.28 bits per heavy atom. The van der Waals surface area contributed by atoms with Crippen LogP contribution in [0.3, 0.4) is 0 Å². The van der Waals surface area contributed by atoms with Gasteiger partial charge in [-0.1, -0.05) is 78.9 Å². The zero-order chi connectivity index (χ0) is 21.8. The van der Waals surface area contributed by atoms with Crippen LogP contribution in [0, 0.1) is 0 Å². The molecule has 160 valence electrons. The third kappa shape index (κ3) is 3.97. The Morgan fingerprint density at radius 1 is 0.812 bits per heavy atom. The molecule has 0 unspecified atom stereocenters. The van der Waals surface area contributed by atoms with Crippen LogP contribution in [-0.4, -0.2) is 39.2 Å². The van der Waals surface area contributed by atoms with Crippen LogP contribution in [0.4, 0.5) is 0 Å². The Morgan fingerprint density at radius 2 is 1.53 bits per heavy atom. The predicted octanol–water partition coefficient (Wildman–Crippen LogP) is 5.55. The summed E-state index contributed by atoms with van der Waals surface area (Å²) in [7, 11) is 1.69. The molecular weight excluding hydrogens is 396 g/mol. The van der Waals surface area contributed by atoms with Crippen molar-refractivity contribution in [3.8, 4) is 28.0 Å². The Kier molecular flexibility index (Phi) is 5.86. The van der Waals surface area contributed by atoms with Gasteiger partial charge >= 0.3 is 0 Å². The average Bonchev–Trinajstić information content (AvgIpc) is 3.39. The quantitative estimate of drug-likeness (QED) is 0.397. The van der Waals surface area contributed by atoms with Crippen LogP contribution in [0.15, 0.2) is 89.9 Å². The molecule has 4 nitrogen and oxygen atoms in total. The Hall–Kier alpha value is -3.63. The second-order valence-electron chi connectivity index (χ2n) is 7.79. The number of rotatable bonds is 7. The SMILES string of the molecule is COCCOc1c(C2=NCCN2)cc2ccccc2c1-c1ccc(-c2ccccc2)cc1. The van der Waals surface area contributed by atoms with E-state index in [4.69, 9.17) is 9.47 Å². The lowest BCUT2D eigenvalue weighted by Crippen LogP contribution is -2.21. The maximum atomic E-state index is 6.35. The lowest BCUT2D eigenvalue weighted by Gasteiger charge is -2.19. The highest BCUT2D eigenvalue weighted by Crippen LogP contribution is 2.41. The van der Waals surface area contributed by atoms with E-state index in [2.05, 4.69) is 89.2 Å². The van der Waals surface area contributed by atoms with Crippen LogP contribution in [0.2, 0.25) is 0 Å². The molecule has 1 heterocycles. The van der Waals surface area contributed by atoms with Gasteiger partial charge in [0, 0.05) is 19.2 Å². The van der Waals surface area contributed by atoms with Gasteiger partial charge in [-0.25, -0.2) is 0 Å². The molecule has 0 saturated heterocycles. The molecule has 0 saturated carbocycles.